The lowest BCUT2D eigenvalue weighted by atomic mass is 10.2. The molecule has 0 aliphatic heterocycles. The summed E-state index contributed by atoms with van der Waals surface area (Å²) in [5, 5.41) is 0.795. The number of para-hydroxylation sites is 1. The van der Waals surface area contributed by atoms with Gasteiger partial charge in [0.25, 0.3) is 6.86 Å². The molecule has 0 N–H and O–H groups in total. The highest BCUT2D eigenvalue weighted by Gasteiger charge is 2.17. The predicted molar refractivity (Wildman–Crippen MR) is 60.4 cm³/mol. The van der Waals surface area contributed by atoms with Crippen LogP contribution in [-0.2, 0) is 4.74 Å². The standard InChI is InChI=1S/C12H12FNO3/c1-2-16-12(15)11-7-9-5-3-4-6-10(9)14(11)17-8-13/h3-7H,2,8H2,1H3. The predicted octanol–water partition coefficient (Wildman–Crippen LogP) is 2.17. The molecule has 0 saturated heterocycles. The van der Waals surface area contributed by atoms with Crippen LogP contribution in [0.2, 0.25) is 0 Å². The molecule has 1 aromatic carbocycles. The van der Waals surface area contributed by atoms with Gasteiger partial charge in [-0.1, -0.05) is 18.2 Å². The van der Waals surface area contributed by atoms with Gasteiger partial charge in [0.05, 0.1) is 12.1 Å². The van der Waals surface area contributed by atoms with Crippen LogP contribution >= 0.6 is 0 Å². The zero-order valence-corrected chi connectivity index (χ0v) is 9.35. The summed E-state index contributed by atoms with van der Waals surface area (Å²) in [7, 11) is 0. The summed E-state index contributed by atoms with van der Waals surface area (Å²) in [5.74, 6) is -0.530. The lowest BCUT2D eigenvalue weighted by Gasteiger charge is -2.08. The molecule has 0 fully saturated rings. The van der Waals surface area contributed by atoms with E-state index in [2.05, 4.69) is 0 Å². The van der Waals surface area contributed by atoms with Crippen molar-refractivity contribution in [2.24, 2.45) is 0 Å². The Kier molecular flexibility index (Phi) is 3.27. The van der Waals surface area contributed by atoms with Crippen LogP contribution in [-0.4, -0.2) is 24.2 Å². The highest BCUT2D eigenvalue weighted by Crippen LogP contribution is 2.19. The Hall–Kier alpha value is -2.04. The van der Waals surface area contributed by atoms with Crippen LogP contribution in [0.1, 0.15) is 17.4 Å². The van der Waals surface area contributed by atoms with Crippen LogP contribution in [0.15, 0.2) is 30.3 Å². The van der Waals surface area contributed by atoms with E-state index in [0.717, 1.165) is 10.1 Å². The molecule has 1 heterocycles. The van der Waals surface area contributed by atoms with Crippen molar-refractivity contribution in [3.8, 4) is 0 Å². The van der Waals surface area contributed by atoms with Crippen LogP contribution in [0.5, 0.6) is 0 Å². The van der Waals surface area contributed by atoms with Gasteiger partial charge in [-0.05, 0) is 19.1 Å². The highest BCUT2D eigenvalue weighted by atomic mass is 19.1. The molecule has 4 nitrogen and oxygen atoms in total. The average molecular weight is 237 g/mol. The lowest BCUT2D eigenvalue weighted by molar-refractivity contribution is 0.0301. The van der Waals surface area contributed by atoms with E-state index >= 15 is 0 Å². The Morgan fingerprint density at radius 3 is 2.88 bits per heavy atom. The van der Waals surface area contributed by atoms with Crippen molar-refractivity contribution >= 4 is 16.9 Å². The largest absolute Gasteiger partial charge is 0.461 e. The van der Waals surface area contributed by atoms with Gasteiger partial charge < -0.3 is 9.57 Å². The zero-order valence-electron chi connectivity index (χ0n) is 9.35. The Labute approximate surface area is 97.5 Å². The minimum Gasteiger partial charge on any atom is -0.461 e. The second-order valence-corrected chi connectivity index (χ2v) is 3.34. The van der Waals surface area contributed by atoms with Crippen molar-refractivity contribution in [3.05, 3.63) is 36.0 Å². The molecule has 0 radical (unpaired) electrons. The number of benzene rings is 1. The number of aromatic nitrogens is 1. The summed E-state index contributed by atoms with van der Waals surface area (Å²) in [6.07, 6.45) is 0. The molecular weight excluding hydrogens is 225 g/mol. The van der Waals surface area contributed by atoms with Crippen LogP contribution in [0, 0.1) is 0 Å². The van der Waals surface area contributed by atoms with E-state index in [1.54, 1.807) is 25.1 Å². The van der Waals surface area contributed by atoms with Gasteiger partial charge in [-0.25, -0.2) is 9.18 Å². The normalized spacial score (nSPS) is 10.5. The maximum absolute atomic E-state index is 12.3. The van der Waals surface area contributed by atoms with E-state index in [9.17, 15) is 9.18 Å². The first-order chi connectivity index (χ1) is 8.27. The van der Waals surface area contributed by atoms with Gasteiger partial charge in [-0.2, -0.15) is 4.73 Å². The maximum atomic E-state index is 12.3. The van der Waals surface area contributed by atoms with Gasteiger partial charge in [0.2, 0.25) is 0 Å². The summed E-state index contributed by atoms with van der Waals surface area (Å²) < 4.78 is 18.4. The number of fused-ring (bicyclic) bond motifs is 1. The lowest BCUT2D eigenvalue weighted by Crippen LogP contribution is -2.18. The van der Waals surface area contributed by atoms with Gasteiger partial charge >= 0.3 is 5.97 Å². The van der Waals surface area contributed by atoms with E-state index in [1.165, 1.54) is 0 Å². The average Bonchev–Trinajstić information content (AvgIpc) is 2.70. The molecule has 0 atom stereocenters. The molecule has 0 spiro atoms. The second-order valence-electron chi connectivity index (χ2n) is 3.34. The first-order valence-corrected chi connectivity index (χ1v) is 5.24. The van der Waals surface area contributed by atoms with E-state index in [-0.39, 0.29) is 12.3 Å². The highest BCUT2D eigenvalue weighted by molar-refractivity contribution is 5.95. The molecule has 0 bridgehead atoms. The van der Waals surface area contributed by atoms with Gasteiger partial charge in [-0.15, -0.1) is 0 Å². The summed E-state index contributed by atoms with van der Waals surface area (Å²) in [5.41, 5.74) is 0.818. The minimum absolute atomic E-state index is 0.186. The number of alkyl halides is 1. The van der Waals surface area contributed by atoms with E-state index < -0.39 is 12.8 Å². The Morgan fingerprint density at radius 1 is 1.41 bits per heavy atom. The first-order valence-electron chi connectivity index (χ1n) is 5.24. The van der Waals surface area contributed by atoms with Crippen LogP contribution in [0.3, 0.4) is 0 Å². The number of carbonyl (C=O) groups excluding carboxylic acids is 1. The van der Waals surface area contributed by atoms with Crippen LogP contribution < -0.4 is 4.84 Å². The summed E-state index contributed by atoms with van der Waals surface area (Å²) >= 11 is 0. The summed E-state index contributed by atoms with van der Waals surface area (Å²) in [6, 6.07) is 8.79. The minimum atomic E-state index is -1.01. The molecule has 0 aliphatic rings. The number of halogens is 1. The first kappa shape index (κ1) is 11.4. The number of nitrogens with zero attached hydrogens (tertiary/aromatic N) is 1. The molecule has 17 heavy (non-hydrogen) atoms. The number of ether oxygens (including phenoxy) is 1. The molecular formula is C12H12FNO3. The van der Waals surface area contributed by atoms with Crippen molar-refractivity contribution in [3.63, 3.8) is 0 Å². The van der Waals surface area contributed by atoms with Crippen molar-refractivity contribution in [2.75, 3.05) is 13.5 Å². The molecule has 5 heteroatoms. The number of esters is 1. The third kappa shape index (κ3) is 2.08. The molecule has 2 rings (SSSR count). The Morgan fingerprint density at radius 2 is 2.18 bits per heavy atom. The molecule has 90 valence electrons. The fraction of sp³-hybridized carbons (Fsp3) is 0.250. The van der Waals surface area contributed by atoms with Crippen molar-refractivity contribution in [1.82, 2.24) is 4.73 Å². The number of rotatable bonds is 4. The molecule has 0 amide bonds. The number of hydrogen-bond acceptors (Lipinski definition) is 3. The van der Waals surface area contributed by atoms with Crippen LogP contribution in [0.4, 0.5) is 4.39 Å². The summed E-state index contributed by atoms with van der Waals surface area (Å²) in [6.45, 7) is 0.960. The third-order valence-electron chi connectivity index (χ3n) is 2.33. The zero-order chi connectivity index (χ0) is 12.3. The maximum Gasteiger partial charge on any atom is 0.358 e. The van der Waals surface area contributed by atoms with E-state index in [1.807, 2.05) is 12.1 Å². The monoisotopic (exact) mass is 237 g/mol. The topological polar surface area (TPSA) is 40.5 Å². The van der Waals surface area contributed by atoms with Gasteiger partial charge in [-0.3, -0.25) is 0 Å². The SMILES string of the molecule is CCOC(=O)c1cc2ccccc2n1OCF. The second kappa shape index (κ2) is 4.86. The molecule has 0 aliphatic carbocycles. The quantitative estimate of drug-likeness (QED) is 0.765. The third-order valence-corrected chi connectivity index (χ3v) is 2.33. The Balaban J connectivity index is 2.53. The molecule has 0 saturated carbocycles. The fourth-order valence-corrected chi connectivity index (χ4v) is 1.66. The van der Waals surface area contributed by atoms with Gasteiger partial charge in [0.15, 0.2) is 5.69 Å². The van der Waals surface area contributed by atoms with E-state index in [0.29, 0.717) is 5.52 Å². The van der Waals surface area contributed by atoms with Crippen molar-refractivity contribution in [2.45, 2.75) is 6.92 Å². The fourth-order valence-electron chi connectivity index (χ4n) is 1.66. The number of carbonyl (C=O) groups is 1. The molecule has 2 aromatic rings. The van der Waals surface area contributed by atoms with Crippen LogP contribution in [0.25, 0.3) is 10.9 Å². The smallest absolute Gasteiger partial charge is 0.358 e. The van der Waals surface area contributed by atoms with Crippen molar-refractivity contribution < 1.29 is 18.8 Å². The van der Waals surface area contributed by atoms with E-state index in [4.69, 9.17) is 9.57 Å². The number of hydrogen-bond donors (Lipinski definition) is 0. The summed E-state index contributed by atoms with van der Waals surface area (Å²) in [4.78, 5) is 16.5. The van der Waals surface area contributed by atoms with Gasteiger partial charge in [0, 0.05) is 5.39 Å². The molecule has 0 unspecified atom stereocenters. The van der Waals surface area contributed by atoms with Crippen molar-refractivity contribution in [1.29, 1.82) is 0 Å². The molecule has 1 aromatic heterocycles. The van der Waals surface area contributed by atoms with Gasteiger partial charge in [0.1, 0.15) is 0 Å². The Bertz CT molecular complexity index is 536.